The van der Waals surface area contributed by atoms with E-state index in [2.05, 4.69) is 35.9 Å². The minimum absolute atomic E-state index is 0.0389. The Labute approximate surface area is 151 Å². The number of unbranched alkanes of at least 4 members (excludes halogenated alkanes) is 1. The van der Waals surface area contributed by atoms with Crippen LogP contribution in [0.4, 0.5) is 0 Å². The first-order chi connectivity index (χ1) is 11.9. The van der Waals surface area contributed by atoms with Crippen LogP contribution in [-0.4, -0.2) is 44.1 Å². The first kappa shape index (κ1) is 19.9. The predicted octanol–water partition coefficient (Wildman–Crippen LogP) is 2.64. The van der Waals surface area contributed by atoms with Gasteiger partial charge >= 0.3 is 0 Å². The van der Waals surface area contributed by atoms with Gasteiger partial charge in [0.1, 0.15) is 0 Å². The van der Waals surface area contributed by atoms with E-state index in [0.717, 1.165) is 12.8 Å². The Balaban J connectivity index is 1.73. The SMILES string of the molecule is CCCCS(=O)(=O)NC1CCN(C(=O)CCc2ccc(C)cc2)CC1. The molecule has 0 unspecified atom stereocenters. The average molecular weight is 367 g/mol. The van der Waals surface area contributed by atoms with Crippen molar-refractivity contribution in [2.24, 2.45) is 0 Å². The lowest BCUT2D eigenvalue weighted by atomic mass is 10.0. The number of hydrogen-bond donors (Lipinski definition) is 1. The van der Waals surface area contributed by atoms with Crippen LogP contribution in [0.5, 0.6) is 0 Å². The maximum atomic E-state index is 12.4. The fourth-order valence-electron chi connectivity index (χ4n) is 3.06. The number of aryl methyl sites for hydroxylation is 2. The quantitative estimate of drug-likeness (QED) is 0.769. The molecule has 0 aromatic heterocycles. The minimum atomic E-state index is -3.18. The third-order valence-electron chi connectivity index (χ3n) is 4.71. The number of benzene rings is 1. The molecule has 1 heterocycles. The van der Waals surface area contributed by atoms with Gasteiger partial charge < -0.3 is 4.90 Å². The molecule has 5 nitrogen and oxygen atoms in total. The summed E-state index contributed by atoms with van der Waals surface area (Å²) in [5.41, 5.74) is 2.40. The van der Waals surface area contributed by atoms with Crippen molar-refractivity contribution in [3.05, 3.63) is 35.4 Å². The lowest BCUT2D eigenvalue weighted by Crippen LogP contribution is -2.47. The number of nitrogens with one attached hydrogen (secondary N) is 1. The van der Waals surface area contributed by atoms with E-state index in [4.69, 9.17) is 0 Å². The van der Waals surface area contributed by atoms with Gasteiger partial charge in [-0.3, -0.25) is 4.79 Å². The third-order valence-corrected chi connectivity index (χ3v) is 6.23. The number of sulfonamides is 1. The van der Waals surface area contributed by atoms with Crippen molar-refractivity contribution in [3.8, 4) is 0 Å². The molecule has 1 aliphatic heterocycles. The van der Waals surface area contributed by atoms with Crippen LogP contribution < -0.4 is 4.72 Å². The zero-order valence-corrected chi connectivity index (χ0v) is 16.1. The van der Waals surface area contributed by atoms with Crippen LogP contribution in [0, 0.1) is 6.92 Å². The van der Waals surface area contributed by atoms with Gasteiger partial charge in [0, 0.05) is 25.6 Å². The van der Waals surface area contributed by atoms with Crippen molar-refractivity contribution >= 4 is 15.9 Å². The molecular formula is C19H30N2O3S. The number of carbonyl (C=O) groups excluding carboxylic acids is 1. The molecule has 140 valence electrons. The van der Waals surface area contributed by atoms with Crippen LogP contribution >= 0.6 is 0 Å². The second-order valence-corrected chi connectivity index (χ2v) is 8.80. The summed E-state index contributed by atoms with van der Waals surface area (Å²) >= 11 is 0. The molecule has 1 amide bonds. The first-order valence-corrected chi connectivity index (χ1v) is 10.9. The molecule has 1 saturated heterocycles. The van der Waals surface area contributed by atoms with Gasteiger partial charge in [-0.25, -0.2) is 13.1 Å². The number of carbonyl (C=O) groups is 1. The first-order valence-electron chi connectivity index (χ1n) is 9.23. The van der Waals surface area contributed by atoms with E-state index in [9.17, 15) is 13.2 Å². The highest BCUT2D eigenvalue weighted by Gasteiger charge is 2.25. The smallest absolute Gasteiger partial charge is 0.222 e. The second kappa shape index (κ2) is 9.34. The molecule has 0 radical (unpaired) electrons. The second-order valence-electron chi connectivity index (χ2n) is 6.93. The van der Waals surface area contributed by atoms with Crippen LogP contribution in [0.2, 0.25) is 0 Å². The number of nitrogens with zero attached hydrogens (tertiary/aromatic N) is 1. The van der Waals surface area contributed by atoms with E-state index in [1.165, 1.54) is 11.1 Å². The Morgan fingerprint density at radius 3 is 2.44 bits per heavy atom. The largest absolute Gasteiger partial charge is 0.343 e. The summed E-state index contributed by atoms with van der Waals surface area (Å²) in [6.45, 7) is 5.30. The Morgan fingerprint density at radius 1 is 1.20 bits per heavy atom. The van der Waals surface area contributed by atoms with Crippen LogP contribution in [0.1, 0.15) is 50.2 Å². The van der Waals surface area contributed by atoms with Crippen molar-refractivity contribution in [3.63, 3.8) is 0 Å². The van der Waals surface area contributed by atoms with Crippen LogP contribution in [0.25, 0.3) is 0 Å². The zero-order valence-electron chi connectivity index (χ0n) is 15.3. The van der Waals surface area contributed by atoms with Crippen LogP contribution in [-0.2, 0) is 21.2 Å². The van der Waals surface area contributed by atoms with Gasteiger partial charge in [0.25, 0.3) is 0 Å². The van der Waals surface area contributed by atoms with Crippen molar-refractivity contribution in [2.75, 3.05) is 18.8 Å². The van der Waals surface area contributed by atoms with Crippen molar-refractivity contribution in [1.82, 2.24) is 9.62 Å². The summed E-state index contributed by atoms with van der Waals surface area (Å²) in [7, 11) is -3.18. The van der Waals surface area contributed by atoms with E-state index < -0.39 is 10.0 Å². The van der Waals surface area contributed by atoms with Crippen molar-refractivity contribution < 1.29 is 13.2 Å². The summed E-state index contributed by atoms with van der Waals surface area (Å²) < 4.78 is 26.7. The highest BCUT2D eigenvalue weighted by Crippen LogP contribution is 2.14. The van der Waals surface area contributed by atoms with Gasteiger partial charge in [-0.1, -0.05) is 43.2 Å². The molecule has 1 aromatic carbocycles. The number of likely N-dealkylation sites (tertiary alicyclic amines) is 1. The Hall–Kier alpha value is -1.40. The number of rotatable bonds is 8. The van der Waals surface area contributed by atoms with E-state index >= 15 is 0 Å². The van der Waals surface area contributed by atoms with E-state index in [1.807, 2.05) is 11.8 Å². The molecular weight excluding hydrogens is 336 g/mol. The number of hydrogen-bond acceptors (Lipinski definition) is 3. The van der Waals surface area contributed by atoms with Gasteiger partial charge in [0.2, 0.25) is 15.9 Å². The highest BCUT2D eigenvalue weighted by molar-refractivity contribution is 7.89. The van der Waals surface area contributed by atoms with Crippen molar-refractivity contribution in [2.45, 2.75) is 58.4 Å². The molecule has 0 spiro atoms. The minimum Gasteiger partial charge on any atom is -0.343 e. The topological polar surface area (TPSA) is 66.5 Å². The molecule has 6 heteroatoms. The summed E-state index contributed by atoms with van der Waals surface area (Å²) in [6.07, 6.45) is 4.21. The summed E-state index contributed by atoms with van der Waals surface area (Å²) in [4.78, 5) is 14.2. The molecule has 0 aliphatic carbocycles. The fourth-order valence-corrected chi connectivity index (χ4v) is 4.59. The molecule has 0 saturated carbocycles. The third kappa shape index (κ3) is 6.78. The molecule has 1 aliphatic rings. The fraction of sp³-hybridized carbons (Fsp3) is 0.632. The Kier molecular flexibility index (Phi) is 7.44. The van der Waals surface area contributed by atoms with Gasteiger partial charge in [0.15, 0.2) is 0 Å². The molecule has 1 aromatic rings. The lowest BCUT2D eigenvalue weighted by Gasteiger charge is -2.32. The molecule has 1 N–H and O–H groups in total. The Morgan fingerprint density at radius 2 is 1.84 bits per heavy atom. The summed E-state index contributed by atoms with van der Waals surface area (Å²) in [6, 6.07) is 8.23. The number of amides is 1. The van der Waals surface area contributed by atoms with Crippen LogP contribution in [0.3, 0.4) is 0 Å². The van der Waals surface area contributed by atoms with Crippen LogP contribution in [0.15, 0.2) is 24.3 Å². The van der Waals surface area contributed by atoms with Crippen molar-refractivity contribution in [1.29, 1.82) is 0 Å². The average Bonchev–Trinajstić information content (AvgIpc) is 2.59. The predicted molar refractivity (Wildman–Crippen MR) is 101 cm³/mol. The summed E-state index contributed by atoms with van der Waals surface area (Å²) in [5, 5.41) is 0. The highest BCUT2D eigenvalue weighted by atomic mass is 32.2. The van der Waals surface area contributed by atoms with Gasteiger partial charge in [0.05, 0.1) is 5.75 Å². The Bertz CT molecular complexity index is 648. The van der Waals surface area contributed by atoms with Gasteiger partial charge in [-0.15, -0.1) is 0 Å². The monoisotopic (exact) mass is 366 g/mol. The zero-order chi connectivity index (χ0) is 18.3. The maximum Gasteiger partial charge on any atom is 0.222 e. The standard InChI is InChI=1S/C19H30N2O3S/c1-3-4-15-25(23,24)20-18-11-13-21(14-12-18)19(22)10-9-17-7-5-16(2)6-8-17/h5-8,18,20H,3-4,9-15H2,1-2H3. The maximum absolute atomic E-state index is 12.4. The van der Waals surface area contributed by atoms with Gasteiger partial charge in [-0.05, 0) is 38.2 Å². The molecule has 2 rings (SSSR count). The molecule has 0 bridgehead atoms. The van der Waals surface area contributed by atoms with E-state index in [0.29, 0.717) is 38.8 Å². The number of piperidine rings is 1. The summed E-state index contributed by atoms with van der Waals surface area (Å²) in [5.74, 6) is 0.354. The van der Waals surface area contributed by atoms with E-state index in [-0.39, 0.29) is 17.7 Å². The molecule has 0 atom stereocenters. The molecule has 1 fully saturated rings. The molecule has 25 heavy (non-hydrogen) atoms. The normalized spacial score (nSPS) is 16.2. The van der Waals surface area contributed by atoms with Gasteiger partial charge in [-0.2, -0.15) is 0 Å². The lowest BCUT2D eigenvalue weighted by molar-refractivity contribution is -0.132. The van der Waals surface area contributed by atoms with E-state index in [1.54, 1.807) is 0 Å².